The zero-order valence-corrected chi connectivity index (χ0v) is 17.3. The minimum Gasteiger partial charge on any atom is -0.468 e. The number of unbranched alkanes of at least 4 members (excludes halogenated alkanes) is 1. The Morgan fingerprint density at radius 2 is 2.00 bits per heavy atom. The maximum Gasteiger partial charge on any atom is 0.384 e. The molecule has 0 radical (unpaired) electrons. The fourth-order valence-corrected chi connectivity index (χ4v) is 6.51. The number of carbonyl (C=O) groups excluding carboxylic acids is 2. The second kappa shape index (κ2) is 7.77. The van der Waals surface area contributed by atoms with Crippen LogP contribution in [0.1, 0.15) is 51.4 Å². The van der Waals surface area contributed by atoms with E-state index >= 15 is 0 Å². The molecule has 29 heavy (non-hydrogen) atoms. The molecule has 4 atom stereocenters. The van der Waals surface area contributed by atoms with Gasteiger partial charge in [-0.2, -0.15) is 0 Å². The van der Waals surface area contributed by atoms with E-state index in [2.05, 4.69) is 28.7 Å². The molecule has 1 heterocycles. The lowest BCUT2D eigenvalue weighted by Gasteiger charge is -2.65. The van der Waals surface area contributed by atoms with Crippen molar-refractivity contribution in [2.75, 3.05) is 27.4 Å². The molecule has 5 aliphatic rings. The number of carbonyl (C=O) groups is 2. The molecule has 0 aromatic rings. The quantitative estimate of drug-likeness (QED) is 0.237. The number of fused-ring (bicyclic) bond motifs is 1. The average molecular weight is 402 g/mol. The number of methoxy groups -OCH3 is 2. The standard InChI is InChI=1S/C23H30O6/c1-26-19(24)7-4-3-5-9-21(20(25)27-2)10-6-11-22-12-8-17(15-18(21)22)16-23(22)28-13-14-29-23/h6,10,17-18H,3,5,8-9,11-16H2,1-2H3/t17?,18?,21?,22-/m1/s1. The molecule has 0 amide bonds. The van der Waals surface area contributed by atoms with Gasteiger partial charge in [0.05, 0.1) is 32.8 Å². The van der Waals surface area contributed by atoms with Crippen LogP contribution in [0.15, 0.2) is 12.2 Å². The van der Waals surface area contributed by atoms with Crippen LogP contribution in [-0.4, -0.2) is 45.2 Å². The Kier molecular flexibility index (Phi) is 5.48. The fraction of sp³-hybridized carbons (Fsp3) is 0.739. The lowest BCUT2D eigenvalue weighted by Crippen LogP contribution is -2.66. The SMILES string of the molecule is COC(=O)C#CCCCC1(C(=O)OC)C=CC[C@@]23CCC(CC12)CC31OCCO1. The van der Waals surface area contributed by atoms with Crippen molar-refractivity contribution in [3.8, 4) is 11.8 Å². The van der Waals surface area contributed by atoms with Gasteiger partial charge in [-0.15, -0.1) is 0 Å². The van der Waals surface area contributed by atoms with Gasteiger partial charge in [0.25, 0.3) is 0 Å². The molecule has 0 aromatic heterocycles. The summed E-state index contributed by atoms with van der Waals surface area (Å²) >= 11 is 0. The third-order valence-corrected chi connectivity index (χ3v) is 7.66. The van der Waals surface area contributed by atoms with Crippen LogP contribution < -0.4 is 0 Å². The van der Waals surface area contributed by atoms with Gasteiger partial charge in [0, 0.05) is 24.2 Å². The monoisotopic (exact) mass is 402 g/mol. The molecule has 158 valence electrons. The number of rotatable bonds is 4. The Balaban J connectivity index is 1.63. The molecule has 1 aliphatic heterocycles. The second-order valence-electron chi connectivity index (χ2n) is 8.79. The predicted molar refractivity (Wildman–Crippen MR) is 104 cm³/mol. The summed E-state index contributed by atoms with van der Waals surface area (Å²) in [4.78, 5) is 24.4. The van der Waals surface area contributed by atoms with Gasteiger partial charge >= 0.3 is 11.9 Å². The van der Waals surface area contributed by atoms with Gasteiger partial charge in [-0.25, -0.2) is 4.79 Å². The highest BCUT2D eigenvalue weighted by Gasteiger charge is 2.70. The predicted octanol–water partition coefficient (Wildman–Crippen LogP) is 3.00. The number of ether oxygens (including phenoxy) is 4. The van der Waals surface area contributed by atoms with E-state index in [0.29, 0.717) is 38.4 Å². The number of hydrogen-bond donors (Lipinski definition) is 0. The molecular weight excluding hydrogens is 372 g/mol. The summed E-state index contributed by atoms with van der Waals surface area (Å²) in [6.07, 6.45) is 11.1. The van der Waals surface area contributed by atoms with Crippen molar-refractivity contribution in [1.29, 1.82) is 0 Å². The zero-order chi connectivity index (χ0) is 20.5. The first kappa shape index (κ1) is 20.4. The van der Waals surface area contributed by atoms with E-state index < -0.39 is 17.2 Å². The summed E-state index contributed by atoms with van der Waals surface area (Å²) in [5, 5.41) is 0. The lowest BCUT2D eigenvalue weighted by molar-refractivity contribution is -0.316. The van der Waals surface area contributed by atoms with E-state index in [1.165, 1.54) is 20.6 Å². The number of allylic oxidation sites excluding steroid dienone is 1. The summed E-state index contributed by atoms with van der Waals surface area (Å²) in [5.41, 5.74) is -0.875. The van der Waals surface area contributed by atoms with Gasteiger partial charge in [0.1, 0.15) is 0 Å². The number of hydrogen-bond acceptors (Lipinski definition) is 6. The van der Waals surface area contributed by atoms with Gasteiger partial charge in [0.2, 0.25) is 0 Å². The molecule has 2 spiro atoms. The summed E-state index contributed by atoms with van der Waals surface area (Å²) in [6.45, 7) is 1.25. The van der Waals surface area contributed by atoms with Crippen molar-refractivity contribution in [3.05, 3.63) is 12.2 Å². The smallest absolute Gasteiger partial charge is 0.384 e. The molecular formula is C23H30O6. The Morgan fingerprint density at radius 3 is 2.72 bits per heavy atom. The van der Waals surface area contributed by atoms with Crippen molar-refractivity contribution in [3.63, 3.8) is 0 Å². The number of esters is 2. The minimum absolute atomic E-state index is 0.131. The van der Waals surface area contributed by atoms with E-state index in [0.717, 1.165) is 25.7 Å². The van der Waals surface area contributed by atoms with Crippen LogP contribution in [0.5, 0.6) is 0 Å². The topological polar surface area (TPSA) is 71.1 Å². The van der Waals surface area contributed by atoms with Crippen LogP contribution in [0.2, 0.25) is 0 Å². The first-order valence-electron chi connectivity index (χ1n) is 10.6. The highest BCUT2D eigenvalue weighted by Crippen LogP contribution is 2.69. The van der Waals surface area contributed by atoms with Gasteiger partial charge in [-0.1, -0.05) is 18.1 Å². The summed E-state index contributed by atoms with van der Waals surface area (Å²) in [5.74, 6) is 4.68. The average Bonchev–Trinajstić information content (AvgIpc) is 3.21. The Labute approximate surface area is 172 Å². The minimum atomic E-state index is -0.693. The highest BCUT2D eigenvalue weighted by molar-refractivity contribution is 5.88. The molecule has 5 rings (SSSR count). The Hall–Kier alpha value is -1.84. The van der Waals surface area contributed by atoms with Crippen LogP contribution in [0.4, 0.5) is 0 Å². The van der Waals surface area contributed by atoms with Gasteiger partial charge in [-0.05, 0) is 50.4 Å². The van der Waals surface area contributed by atoms with Crippen molar-refractivity contribution in [1.82, 2.24) is 0 Å². The van der Waals surface area contributed by atoms with Crippen molar-refractivity contribution < 1.29 is 28.5 Å². The first-order valence-corrected chi connectivity index (χ1v) is 10.6. The Bertz CT molecular complexity index is 755. The molecule has 0 N–H and O–H groups in total. The molecule has 6 nitrogen and oxygen atoms in total. The van der Waals surface area contributed by atoms with E-state index in [1.54, 1.807) is 0 Å². The highest BCUT2D eigenvalue weighted by atomic mass is 16.7. The van der Waals surface area contributed by atoms with Gasteiger partial charge in [0.15, 0.2) is 5.79 Å². The van der Waals surface area contributed by atoms with E-state index in [-0.39, 0.29) is 17.3 Å². The van der Waals surface area contributed by atoms with Gasteiger partial charge in [-0.3, -0.25) is 4.79 Å². The summed E-state index contributed by atoms with van der Waals surface area (Å²) < 4.78 is 22.4. The summed E-state index contributed by atoms with van der Waals surface area (Å²) in [7, 11) is 2.78. The van der Waals surface area contributed by atoms with E-state index in [4.69, 9.17) is 14.2 Å². The van der Waals surface area contributed by atoms with Crippen molar-refractivity contribution >= 4 is 11.9 Å². The molecule has 6 heteroatoms. The van der Waals surface area contributed by atoms with Crippen LogP contribution in [0, 0.1) is 34.5 Å². The molecule has 3 saturated carbocycles. The molecule has 4 fully saturated rings. The first-order chi connectivity index (χ1) is 14.0. The normalized spacial score (nSPS) is 36.2. The third kappa shape index (κ3) is 3.10. The van der Waals surface area contributed by atoms with Crippen LogP contribution in [-0.2, 0) is 28.5 Å². The van der Waals surface area contributed by atoms with Crippen molar-refractivity contribution in [2.45, 2.75) is 57.2 Å². The van der Waals surface area contributed by atoms with Crippen molar-refractivity contribution in [2.24, 2.45) is 22.7 Å². The van der Waals surface area contributed by atoms with E-state index in [9.17, 15) is 9.59 Å². The largest absolute Gasteiger partial charge is 0.468 e. The molecule has 1 saturated heterocycles. The van der Waals surface area contributed by atoms with Crippen LogP contribution in [0.25, 0.3) is 0 Å². The second-order valence-corrected chi connectivity index (χ2v) is 8.79. The molecule has 3 unspecified atom stereocenters. The lowest BCUT2D eigenvalue weighted by atomic mass is 9.42. The van der Waals surface area contributed by atoms with Crippen LogP contribution >= 0.6 is 0 Å². The molecule has 2 bridgehead atoms. The third-order valence-electron chi connectivity index (χ3n) is 7.66. The zero-order valence-electron chi connectivity index (χ0n) is 17.3. The van der Waals surface area contributed by atoms with E-state index in [1.807, 2.05) is 0 Å². The van der Waals surface area contributed by atoms with Crippen LogP contribution in [0.3, 0.4) is 0 Å². The van der Waals surface area contributed by atoms with Gasteiger partial charge < -0.3 is 18.9 Å². The fourth-order valence-electron chi connectivity index (χ4n) is 6.51. The molecule has 4 aliphatic carbocycles. The Morgan fingerprint density at radius 1 is 1.21 bits per heavy atom. The maximum atomic E-state index is 13.2. The maximum absolute atomic E-state index is 13.2. The summed E-state index contributed by atoms with van der Waals surface area (Å²) in [6, 6.07) is 0. The molecule has 0 aromatic carbocycles.